The minimum absolute atomic E-state index is 0.0694. The Labute approximate surface area is 170 Å². The molecular weight excluding hydrogens is 352 g/mol. The molecular formula is C23H38N2O3. The Morgan fingerprint density at radius 2 is 1.64 bits per heavy atom. The topological polar surface area (TPSA) is 50.8 Å². The fraction of sp³-hybridized carbons (Fsp3) is 0.696. The van der Waals surface area contributed by atoms with Crippen molar-refractivity contribution in [2.45, 2.75) is 59.0 Å². The molecule has 2 rings (SSSR count). The molecule has 1 amide bonds. The monoisotopic (exact) mass is 390 g/mol. The number of hydrogen-bond acceptors (Lipinski definition) is 4. The minimum atomic E-state index is -0.798. The summed E-state index contributed by atoms with van der Waals surface area (Å²) < 4.78 is 11.6. The van der Waals surface area contributed by atoms with Gasteiger partial charge in [0.15, 0.2) is 0 Å². The number of nitrogens with one attached hydrogen (secondary N) is 1. The maximum atomic E-state index is 13.1. The number of methoxy groups -OCH3 is 1. The van der Waals surface area contributed by atoms with Gasteiger partial charge in [-0.1, -0.05) is 27.7 Å². The second-order valence-electron chi connectivity index (χ2n) is 8.77. The van der Waals surface area contributed by atoms with Gasteiger partial charge in [-0.2, -0.15) is 0 Å². The van der Waals surface area contributed by atoms with Crippen molar-refractivity contribution >= 4 is 11.6 Å². The molecule has 0 aliphatic carbocycles. The van der Waals surface area contributed by atoms with Gasteiger partial charge in [0.2, 0.25) is 0 Å². The number of amides is 1. The minimum Gasteiger partial charge on any atom is -0.492 e. The highest BCUT2D eigenvalue weighted by atomic mass is 16.5. The second kappa shape index (κ2) is 10.8. The first-order valence-electron chi connectivity index (χ1n) is 10.7. The predicted molar refractivity (Wildman–Crippen MR) is 115 cm³/mol. The van der Waals surface area contributed by atoms with Gasteiger partial charge < -0.3 is 14.8 Å². The zero-order valence-electron chi connectivity index (χ0n) is 18.3. The van der Waals surface area contributed by atoms with E-state index >= 15 is 0 Å². The molecule has 0 aromatic heterocycles. The number of carbonyl (C=O) groups is 1. The Kier molecular flexibility index (Phi) is 8.77. The zero-order valence-corrected chi connectivity index (χ0v) is 18.3. The van der Waals surface area contributed by atoms with Crippen molar-refractivity contribution in [3.8, 4) is 5.75 Å². The van der Waals surface area contributed by atoms with Gasteiger partial charge in [-0.05, 0) is 74.9 Å². The van der Waals surface area contributed by atoms with E-state index in [0.29, 0.717) is 31.3 Å². The van der Waals surface area contributed by atoms with E-state index in [4.69, 9.17) is 9.47 Å². The second-order valence-corrected chi connectivity index (χ2v) is 8.77. The summed E-state index contributed by atoms with van der Waals surface area (Å²) in [5.74, 6) is 1.51. The number of hydrogen-bond donors (Lipinski definition) is 1. The third kappa shape index (κ3) is 6.78. The van der Waals surface area contributed by atoms with Crippen molar-refractivity contribution in [3.05, 3.63) is 24.3 Å². The summed E-state index contributed by atoms with van der Waals surface area (Å²) in [5, 5.41) is 3.04. The lowest BCUT2D eigenvalue weighted by molar-refractivity contribution is -0.142. The van der Waals surface area contributed by atoms with Crippen LogP contribution in [0.1, 0.15) is 53.4 Å². The van der Waals surface area contributed by atoms with Crippen LogP contribution in [-0.2, 0) is 9.53 Å². The van der Waals surface area contributed by atoms with Crippen molar-refractivity contribution in [2.75, 3.05) is 38.7 Å². The average molecular weight is 391 g/mol. The van der Waals surface area contributed by atoms with E-state index in [2.05, 4.69) is 37.9 Å². The van der Waals surface area contributed by atoms with E-state index in [1.807, 2.05) is 24.3 Å². The van der Waals surface area contributed by atoms with Crippen molar-refractivity contribution in [3.63, 3.8) is 0 Å². The summed E-state index contributed by atoms with van der Waals surface area (Å²) >= 11 is 0. The van der Waals surface area contributed by atoms with Crippen molar-refractivity contribution in [2.24, 2.45) is 11.8 Å². The molecule has 1 heterocycles. The van der Waals surface area contributed by atoms with Crippen molar-refractivity contribution < 1.29 is 14.3 Å². The quantitative estimate of drug-likeness (QED) is 0.601. The van der Waals surface area contributed by atoms with Crippen LogP contribution in [0, 0.1) is 11.8 Å². The van der Waals surface area contributed by atoms with Crippen molar-refractivity contribution in [1.82, 2.24) is 4.90 Å². The Hall–Kier alpha value is -1.59. The molecule has 0 radical (unpaired) electrons. The van der Waals surface area contributed by atoms with Crippen LogP contribution in [0.4, 0.5) is 5.69 Å². The first-order chi connectivity index (χ1) is 13.3. The normalized spacial score (nSPS) is 15.4. The number of anilines is 1. The molecule has 5 heteroatoms. The molecule has 1 aromatic carbocycles. The number of rotatable bonds is 11. The molecule has 158 valence electrons. The van der Waals surface area contributed by atoms with E-state index in [1.165, 1.54) is 25.9 Å². The van der Waals surface area contributed by atoms with Crippen LogP contribution >= 0.6 is 0 Å². The molecule has 1 aliphatic heterocycles. The summed E-state index contributed by atoms with van der Waals surface area (Å²) in [6.07, 6.45) is 3.99. The highest BCUT2D eigenvalue weighted by Crippen LogP contribution is 2.30. The molecule has 1 fully saturated rings. The lowest BCUT2D eigenvalue weighted by atomic mass is 9.84. The molecule has 0 unspecified atom stereocenters. The van der Waals surface area contributed by atoms with Crippen LogP contribution in [0.15, 0.2) is 24.3 Å². The lowest BCUT2D eigenvalue weighted by Gasteiger charge is -2.34. The standard InChI is InChI=1S/C23H38N2O3/c1-18(2)16-23(27-5,17-19(3)4)22(26)24-20-8-10-21(11-9-20)28-15-14-25-12-6-7-13-25/h8-11,18-19H,6-7,12-17H2,1-5H3,(H,24,26). The smallest absolute Gasteiger partial charge is 0.256 e. The molecule has 1 saturated heterocycles. The summed E-state index contributed by atoms with van der Waals surface area (Å²) in [6, 6.07) is 7.63. The van der Waals surface area contributed by atoms with Gasteiger partial charge in [-0.15, -0.1) is 0 Å². The Balaban J connectivity index is 1.93. The fourth-order valence-electron chi connectivity index (χ4n) is 4.03. The van der Waals surface area contributed by atoms with E-state index < -0.39 is 5.60 Å². The van der Waals surface area contributed by atoms with E-state index in [1.54, 1.807) is 7.11 Å². The average Bonchev–Trinajstić information content (AvgIpc) is 3.15. The largest absolute Gasteiger partial charge is 0.492 e. The van der Waals surface area contributed by atoms with Gasteiger partial charge in [-0.25, -0.2) is 0 Å². The SMILES string of the molecule is COC(CC(C)C)(CC(C)C)C(=O)Nc1ccc(OCCN2CCCC2)cc1. The van der Waals surface area contributed by atoms with Crippen LogP contribution in [0.25, 0.3) is 0 Å². The Bertz CT molecular complexity index is 582. The van der Waals surface area contributed by atoms with Gasteiger partial charge in [-0.3, -0.25) is 9.69 Å². The molecule has 5 nitrogen and oxygen atoms in total. The van der Waals surface area contributed by atoms with Crippen LogP contribution in [0.3, 0.4) is 0 Å². The Morgan fingerprint density at radius 3 is 2.14 bits per heavy atom. The third-order valence-electron chi connectivity index (χ3n) is 5.27. The van der Waals surface area contributed by atoms with Crippen LogP contribution < -0.4 is 10.1 Å². The summed E-state index contributed by atoms with van der Waals surface area (Å²) in [5.41, 5.74) is -0.0291. The van der Waals surface area contributed by atoms with Crippen LogP contribution in [0.5, 0.6) is 5.75 Å². The summed E-state index contributed by atoms with van der Waals surface area (Å²) in [7, 11) is 1.64. The van der Waals surface area contributed by atoms with Crippen LogP contribution in [0.2, 0.25) is 0 Å². The number of likely N-dealkylation sites (tertiary alicyclic amines) is 1. The predicted octanol–water partition coefficient (Wildman–Crippen LogP) is 4.58. The van der Waals surface area contributed by atoms with Gasteiger partial charge >= 0.3 is 0 Å². The lowest BCUT2D eigenvalue weighted by Crippen LogP contribution is -2.46. The van der Waals surface area contributed by atoms with E-state index in [-0.39, 0.29) is 5.91 Å². The molecule has 1 aromatic rings. The first kappa shape index (κ1) is 22.7. The highest BCUT2D eigenvalue weighted by Gasteiger charge is 2.39. The number of ether oxygens (including phenoxy) is 2. The van der Waals surface area contributed by atoms with Gasteiger partial charge in [0.1, 0.15) is 18.0 Å². The van der Waals surface area contributed by atoms with Crippen molar-refractivity contribution in [1.29, 1.82) is 0 Å². The Morgan fingerprint density at radius 1 is 1.07 bits per heavy atom. The molecule has 0 saturated carbocycles. The summed E-state index contributed by atoms with van der Waals surface area (Å²) in [4.78, 5) is 15.5. The van der Waals surface area contributed by atoms with Gasteiger partial charge in [0.25, 0.3) is 5.91 Å². The molecule has 0 spiro atoms. The number of nitrogens with zero attached hydrogens (tertiary/aromatic N) is 1. The molecule has 0 bridgehead atoms. The van der Waals surface area contributed by atoms with E-state index in [0.717, 1.165) is 18.0 Å². The zero-order chi connectivity index (χ0) is 20.6. The van der Waals surface area contributed by atoms with Gasteiger partial charge in [0.05, 0.1) is 0 Å². The number of carbonyl (C=O) groups excluding carboxylic acids is 1. The molecule has 28 heavy (non-hydrogen) atoms. The molecule has 1 aliphatic rings. The maximum Gasteiger partial charge on any atom is 0.256 e. The molecule has 1 N–H and O–H groups in total. The molecule has 0 atom stereocenters. The maximum absolute atomic E-state index is 13.1. The third-order valence-corrected chi connectivity index (χ3v) is 5.27. The highest BCUT2D eigenvalue weighted by molar-refractivity contribution is 5.97. The number of benzene rings is 1. The first-order valence-corrected chi connectivity index (χ1v) is 10.7. The summed E-state index contributed by atoms with van der Waals surface area (Å²) in [6.45, 7) is 12.5. The van der Waals surface area contributed by atoms with E-state index in [9.17, 15) is 4.79 Å². The fourth-order valence-corrected chi connectivity index (χ4v) is 4.03. The van der Waals surface area contributed by atoms with Crippen LogP contribution in [-0.4, -0.2) is 49.8 Å². The van der Waals surface area contributed by atoms with Gasteiger partial charge in [0, 0.05) is 19.3 Å².